The number of pyridine rings is 1. The standard InChI is InChI=1S/C26H30BrN7O5/c1-26(2,3)39-25(38)29-15-11-16(12-15)33(13-21(35)31-20-10-6-9-19(27)30-20)22(36)14-34-18-8-5-4-7-17(18)23(32-34)24(28)37/h4-10,15-16H,11-14H2,1-3H3,(H2,28,37)(H,29,38)(H,30,31,35). The molecule has 1 aromatic carbocycles. The Kier molecular flexibility index (Phi) is 8.19. The Balaban J connectivity index is 1.50. The molecule has 4 amide bonds. The number of aromatic nitrogens is 3. The minimum atomic E-state index is -0.704. The number of amides is 4. The van der Waals surface area contributed by atoms with Gasteiger partial charge in [0.2, 0.25) is 11.8 Å². The smallest absolute Gasteiger partial charge is 0.407 e. The van der Waals surface area contributed by atoms with Gasteiger partial charge >= 0.3 is 6.09 Å². The van der Waals surface area contributed by atoms with E-state index >= 15 is 0 Å². The summed E-state index contributed by atoms with van der Waals surface area (Å²) < 4.78 is 7.28. The van der Waals surface area contributed by atoms with Gasteiger partial charge in [-0.25, -0.2) is 9.78 Å². The summed E-state index contributed by atoms with van der Waals surface area (Å²) in [5, 5.41) is 10.3. The normalized spacial score (nSPS) is 16.7. The van der Waals surface area contributed by atoms with Crippen LogP contribution in [-0.4, -0.2) is 67.7 Å². The average molecular weight is 600 g/mol. The van der Waals surface area contributed by atoms with Gasteiger partial charge in [0.1, 0.15) is 29.1 Å². The molecule has 4 N–H and O–H groups in total. The van der Waals surface area contributed by atoms with Crippen LogP contribution in [0.25, 0.3) is 10.9 Å². The molecule has 0 saturated heterocycles. The van der Waals surface area contributed by atoms with Crippen molar-refractivity contribution >= 4 is 56.5 Å². The van der Waals surface area contributed by atoms with Crippen molar-refractivity contribution in [3.05, 3.63) is 52.8 Å². The number of nitrogens with two attached hydrogens (primary N) is 1. The first kappa shape index (κ1) is 28.0. The van der Waals surface area contributed by atoms with Crippen LogP contribution in [0.5, 0.6) is 0 Å². The van der Waals surface area contributed by atoms with Crippen LogP contribution < -0.4 is 16.4 Å². The maximum absolute atomic E-state index is 13.6. The highest BCUT2D eigenvalue weighted by Crippen LogP contribution is 2.27. The molecule has 206 valence electrons. The van der Waals surface area contributed by atoms with Crippen molar-refractivity contribution in [2.75, 3.05) is 11.9 Å². The number of nitrogens with zero attached hydrogens (tertiary/aromatic N) is 4. The van der Waals surface area contributed by atoms with Gasteiger partial charge in [0.05, 0.1) is 5.52 Å². The number of hydrogen-bond donors (Lipinski definition) is 3. The van der Waals surface area contributed by atoms with E-state index in [2.05, 4.69) is 36.6 Å². The van der Waals surface area contributed by atoms with Gasteiger partial charge in [-0.3, -0.25) is 19.1 Å². The van der Waals surface area contributed by atoms with Crippen LogP contribution in [0.2, 0.25) is 0 Å². The zero-order valence-corrected chi connectivity index (χ0v) is 23.4. The van der Waals surface area contributed by atoms with Gasteiger partial charge in [-0.15, -0.1) is 0 Å². The van der Waals surface area contributed by atoms with E-state index in [4.69, 9.17) is 10.5 Å². The lowest BCUT2D eigenvalue weighted by Gasteiger charge is -2.42. The van der Waals surface area contributed by atoms with Crippen molar-refractivity contribution in [2.45, 2.75) is 57.8 Å². The molecule has 0 unspecified atom stereocenters. The van der Waals surface area contributed by atoms with E-state index in [9.17, 15) is 19.2 Å². The molecule has 0 atom stereocenters. The van der Waals surface area contributed by atoms with Crippen LogP contribution in [0.3, 0.4) is 0 Å². The number of para-hydroxylation sites is 1. The van der Waals surface area contributed by atoms with Crippen LogP contribution in [0.15, 0.2) is 47.1 Å². The third kappa shape index (κ3) is 7.11. The van der Waals surface area contributed by atoms with Crippen molar-refractivity contribution in [3.63, 3.8) is 0 Å². The molecular formula is C26H30BrN7O5. The molecule has 2 heterocycles. The van der Waals surface area contributed by atoms with Gasteiger partial charge in [-0.1, -0.05) is 24.3 Å². The summed E-state index contributed by atoms with van der Waals surface area (Å²) in [6.07, 6.45) is 0.351. The highest BCUT2D eigenvalue weighted by atomic mass is 79.9. The number of nitrogens with one attached hydrogen (secondary N) is 2. The van der Waals surface area contributed by atoms with Crippen LogP contribution in [0.4, 0.5) is 10.6 Å². The number of halogens is 1. The number of carbonyl (C=O) groups excluding carboxylic acids is 4. The van der Waals surface area contributed by atoms with Crippen LogP contribution in [0, 0.1) is 0 Å². The molecule has 13 heteroatoms. The molecule has 0 spiro atoms. The minimum Gasteiger partial charge on any atom is -0.444 e. The van der Waals surface area contributed by atoms with Gasteiger partial charge < -0.3 is 26.0 Å². The van der Waals surface area contributed by atoms with Crippen molar-refractivity contribution < 1.29 is 23.9 Å². The predicted molar refractivity (Wildman–Crippen MR) is 147 cm³/mol. The van der Waals surface area contributed by atoms with Gasteiger partial charge in [0.25, 0.3) is 5.91 Å². The molecular weight excluding hydrogens is 570 g/mol. The number of ether oxygens (including phenoxy) is 1. The highest BCUT2D eigenvalue weighted by Gasteiger charge is 2.38. The molecule has 2 aromatic heterocycles. The molecule has 1 saturated carbocycles. The molecule has 12 nitrogen and oxygen atoms in total. The van der Waals surface area contributed by atoms with Gasteiger partial charge in [-0.05, 0) is 67.7 Å². The zero-order chi connectivity index (χ0) is 28.3. The number of carbonyl (C=O) groups is 4. The maximum atomic E-state index is 13.6. The summed E-state index contributed by atoms with van der Waals surface area (Å²) in [6.45, 7) is 4.88. The second-order valence-corrected chi connectivity index (χ2v) is 11.1. The van der Waals surface area contributed by atoms with Gasteiger partial charge in [0.15, 0.2) is 5.69 Å². The van der Waals surface area contributed by atoms with Crippen molar-refractivity contribution in [1.29, 1.82) is 0 Å². The Morgan fingerprint density at radius 1 is 1.13 bits per heavy atom. The number of primary amides is 1. The largest absolute Gasteiger partial charge is 0.444 e. The second kappa shape index (κ2) is 11.4. The first-order chi connectivity index (χ1) is 18.4. The van der Waals surface area contributed by atoms with Crippen molar-refractivity contribution in [2.24, 2.45) is 5.73 Å². The number of benzene rings is 1. The Morgan fingerprint density at radius 2 is 1.85 bits per heavy atom. The lowest BCUT2D eigenvalue weighted by Crippen LogP contribution is -2.57. The lowest BCUT2D eigenvalue weighted by molar-refractivity contribution is -0.140. The first-order valence-corrected chi connectivity index (χ1v) is 13.2. The Morgan fingerprint density at radius 3 is 2.51 bits per heavy atom. The fourth-order valence-corrected chi connectivity index (χ4v) is 4.66. The number of anilines is 1. The molecule has 0 radical (unpaired) electrons. The average Bonchev–Trinajstić information content (AvgIpc) is 3.17. The Labute approximate surface area is 233 Å². The van der Waals surface area contributed by atoms with E-state index in [0.29, 0.717) is 34.2 Å². The van der Waals surface area contributed by atoms with Crippen LogP contribution >= 0.6 is 15.9 Å². The molecule has 4 rings (SSSR count). The summed E-state index contributed by atoms with van der Waals surface area (Å²) in [6, 6.07) is 11.5. The Hall–Kier alpha value is -4.00. The summed E-state index contributed by atoms with van der Waals surface area (Å²) in [7, 11) is 0. The number of hydrogen-bond acceptors (Lipinski definition) is 7. The Bertz CT molecular complexity index is 1410. The summed E-state index contributed by atoms with van der Waals surface area (Å²) >= 11 is 3.27. The van der Waals surface area contributed by atoms with E-state index < -0.39 is 23.5 Å². The third-order valence-corrected chi connectivity index (χ3v) is 6.51. The molecule has 39 heavy (non-hydrogen) atoms. The molecule has 0 bridgehead atoms. The fraction of sp³-hybridized carbons (Fsp3) is 0.385. The first-order valence-electron chi connectivity index (χ1n) is 12.4. The van der Waals surface area contributed by atoms with E-state index in [1.54, 1.807) is 63.2 Å². The maximum Gasteiger partial charge on any atom is 0.407 e. The minimum absolute atomic E-state index is 0.0636. The molecule has 0 aliphatic heterocycles. The lowest BCUT2D eigenvalue weighted by atomic mass is 9.85. The third-order valence-electron chi connectivity index (χ3n) is 6.07. The SMILES string of the molecule is CC(C)(C)OC(=O)NC1CC(N(CC(=O)Nc2cccc(Br)n2)C(=O)Cn2nc(C(N)=O)c3ccccc32)C1. The van der Waals surface area contributed by atoms with E-state index in [0.717, 1.165) is 0 Å². The van der Waals surface area contributed by atoms with E-state index in [-0.39, 0.29) is 36.8 Å². The molecule has 1 aliphatic carbocycles. The van der Waals surface area contributed by atoms with Crippen LogP contribution in [0.1, 0.15) is 44.1 Å². The van der Waals surface area contributed by atoms with Crippen LogP contribution in [-0.2, 0) is 20.9 Å². The molecule has 3 aromatic rings. The van der Waals surface area contributed by atoms with Crippen molar-refractivity contribution in [3.8, 4) is 0 Å². The summed E-state index contributed by atoms with van der Waals surface area (Å²) in [5.41, 5.74) is 5.49. The second-order valence-electron chi connectivity index (χ2n) is 10.3. The predicted octanol–water partition coefficient (Wildman–Crippen LogP) is 2.82. The topological polar surface area (TPSA) is 162 Å². The fourth-order valence-electron chi connectivity index (χ4n) is 4.32. The van der Waals surface area contributed by atoms with E-state index in [1.807, 2.05) is 0 Å². The molecule has 1 fully saturated rings. The number of rotatable bonds is 8. The number of alkyl carbamates (subject to hydrolysis) is 1. The summed E-state index contributed by atoms with van der Waals surface area (Å²) in [5.74, 6) is -1.17. The number of fused-ring (bicyclic) bond motifs is 1. The summed E-state index contributed by atoms with van der Waals surface area (Å²) in [4.78, 5) is 56.2. The van der Waals surface area contributed by atoms with E-state index in [1.165, 1.54) is 9.58 Å². The van der Waals surface area contributed by atoms with Gasteiger partial charge in [0, 0.05) is 17.5 Å². The quantitative estimate of drug-likeness (QED) is 0.335. The van der Waals surface area contributed by atoms with Gasteiger partial charge in [-0.2, -0.15) is 5.10 Å². The molecule has 1 aliphatic rings. The van der Waals surface area contributed by atoms with Crippen molar-refractivity contribution in [1.82, 2.24) is 25.0 Å². The zero-order valence-electron chi connectivity index (χ0n) is 21.8. The highest BCUT2D eigenvalue weighted by molar-refractivity contribution is 9.10. The monoisotopic (exact) mass is 599 g/mol.